The van der Waals surface area contributed by atoms with Gasteiger partial charge >= 0.3 is 0 Å². The smallest absolute Gasteiger partial charge is 0.272 e. The van der Waals surface area contributed by atoms with Crippen molar-refractivity contribution in [2.24, 2.45) is 5.92 Å². The molecule has 0 aliphatic carbocycles. The van der Waals surface area contributed by atoms with E-state index in [-0.39, 0.29) is 42.3 Å². The van der Waals surface area contributed by atoms with Gasteiger partial charge in [-0.05, 0) is 37.3 Å². The fourth-order valence-electron chi connectivity index (χ4n) is 4.09. The minimum Gasteiger partial charge on any atom is -0.472 e. The van der Waals surface area contributed by atoms with Crippen LogP contribution in [-0.2, 0) is 0 Å². The molecule has 1 aliphatic rings. The molecule has 0 saturated heterocycles. The highest BCUT2D eigenvalue weighted by molar-refractivity contribution is 5.97. The molecule has 3 heterocycles. The third-order valence-corrected chi connectivity index (χ3v) is 6.33. The molecule has 0 spiro atoms. The number of likely N-dealkylation sites (N-methyl/N-ethyl adjacent to an activating group) is 1. The molecule has 2 aromatic heterocycles. The van der Waals surface area contributed by atoms with Crippen molar-refractivity contribution in [2.75, 3.05) is 26.7 Å². The summed E-state index contributed by atoms with van der Waals surface area (Å²) in [6, 6.07) is 16.0. The van der Waals surface area contributed by atoms with Crippen molar-refractivity contribution in [1.82, 2.24) is 19.8 Å². The Morgan fingerprint density at radius 1 is 1.16 bits per heavy atom. The van der Waals surface area contributed by atoms with E-state index >= 15 is 0 Å². The minimum absolute atomic E-state index is 0.149. The van der Waals surface area contributed by atoms with Gasteiger partial charge in [0.1, 0.15) is 17.4 Å². The normalized spacial score (nSPS) is 17.8. The summed E-state index contributed by atoms with van der Waals surface area (Å²) in [6.07, 6.45) is 2.70. The van der Waals surface area contributed by atoms with Crippen molar-refractivity contribution in [3.05, 3.63) is 89.4 Å². The Bertz CT molecular complexity index is 1300. The number of hydrogen-bond donors (Lipinski definition) is 1. The zero-order valence-corrected chi connectivity index (χ0v) is 21.2. The molecule has 4 rings (SSSR count). The summed E-state index contributed by atoms with van der Waals surface area (Å²) < 4.78 is 6.27. The van der Waals surface area contributed by atoms with Crippen LogP contribution in [0.4, 0.5) is 0 Å². The zero-order valence-electron chi connectivity index (χ0n) is 21.2. The van der Waals surface area contributed by atoms with Crippen LogP contribution < -0.4 is 4.74 Å². The van der Waals surface area contributed by atoms with Crippen LogP contribution >= 0.6 is 0 Å². The van der Waals surface area contributed by atoms with Crippen molar-refractivity contribution >= 4 is 11.8 Å². The number of rotatable bonds is 5. The lowest BCUT2D eigenvalue weighted by Crippen LogP contribution is -2.50. The van der Waals surface area contributed by atoms with Crippen LogP contribution in [-0.4, -0.2) is 75.6 Å². The van der Waals surface area contributed by atoms with E-state index in [1.54, 1.807) is 60.4 Å². The first-order valence-electron chi connectivity index (χ1n) is 12.2. The number of aliphatic hydroxyl groups excluding tert-OH is 1. The lowest BCUT2D eigenvalue weighted by molar-refractivity contribution is 0.0312. The van der Waals surface area contributed by atoms with Gasteiger partial charge in [0.25, 0.3) is 11.8 Å². The van der Waals surface area contributed by atoms with E-state index in [4.69, 9.17) is 4.74 Å². The SMILES string of the molecule is C[C@H]1CN([C@@H](C)CO)C(=O)c2cc(C#Cc3ccccc3)cnc2O[C@H]1CN(C)C(=O)c1ccccn1. The van der Waals surface area contributed by atoms with Crippen LogP contribution in [0.3, 0.4) is 0 Å². The molecule has 3 aromatic rings. The number of hydrogen-bond acceptors (Lipinski definition) is 6. The lowest BCUT2D eigenvalue weighted by atomic mass is 9.99. The van der Waals surface area contributed by atoms with Crippen molar-refractivity contribution in [2.45, 2.75) is 26.0 Å². The maximum absolute atomic E-state index is 13.6. The zero-order chi connectivity index (χ0) is 26.4. The second-order valence-electron chi connectivity index (χ2n) is 9.22. The van der Waals surface area contributed by atoms with Gasteiger partial charge in [0.15, 0.2) is 0 Å². The number of nitrogens with zero attached hydrogens (tertiary/aromatic N) is 4. The van der Waals surface area contributed by atoms with Gasteiger partial charge in [-0.1, -0.05) is 43.0 Å². The molecule has 0 unspecified atom stereocenters. The van der Waals surface area contributed by atoms with Crippen molar-refractivity contribution in [1.29, 1.82) is 0 Å². The van der Waals surface area contributed by atoms with Gasteiger partial charge in [0, 0.05) is 43.0 Å². The van der Waals surface area contributed by atoms with Gasteiger partial charge in [0.2, 0.25) is 5.88 Å². The van der Waals surface area contributed by atoms with Gasteiger partial charge in [0.05, 0.1) is 19.2 Å². The van der Waals surface area contributed by atoms with Crippen LogP contribution in [0.1, 0.15) is 45.8 Å². The first-order valence-corrected chi connectivity index (χ1v) is 12.2. The summed E-state index contributed by atoms with van der Waals surface area (Å²) in [5, 5.41) is 9.85. The first kappa shape index (κ1) is 25.9. The molecule has 0 bridgehead atoms. The van der Waals surface area contributed by atoms with E-state index < -0.39 is 12.1 Å². The average Bonchev–Trinajstić information content (AvgIpc) is 2.94. The number of pyridine rings is 2. The first-order chi connectivity index (χ1) is 17.9. The van der Waals surface area contributed by atoms with Crippen LogP contribution in [0.25, 0.3) is 0 Å². The topological polar surface area (TPSA) is 95.9 Å². The molecule has 0 saturated carbocycles. The Balaban J connectivity index is 1.65. The Kier molecular flexibility index (Phi) is 8.16. The fourth-order valence-corrected chi connectivity index (χ4v) is 4.09. The molecule has 1 aromatic carbocycles. The third-order valence-electron chi connectivity index (χ3n) is 6.33. The van der Waals surface area contributed by atoms with E-state index in [1.807, 2.05) is 37.3 Å². The quantitative estimate of drug-likeness (QED) is 0.544. The summed E-state index contributed by atoms with van der Waals surface area (Å²) in [5.41, 5.74) is 2.04. The van der Waals surface area contributed by atoms with Crippen LogP contribution in [0.15, 0.2) is 67.0 Å². The number of benzene rings is 1. The maximum Gasteiger partial charge on any atom is 0.272 e. The molecule has 0 fully saturated rings. The molecule has 37 heavy (non-hydrogen) atoms. The van der Waals surface area contributed by atoms with E-state index in [1.165, 1.54) is 0 Å². The summed E-state index contributed by atoms with van der Waals surface area (Å²) in [4.78, 5) is 38.3. The molecule has 1 N–H and O–H groups in total. The number of aromatic nitrogens is 2. The number of carbonyl (C=O) groups excluding carboxylic acids is 2. The molecule has 3 atom stereocenters. The Morgan fingerprint density at radius 2 is 1.89 bits per heavy atom. The van der Waals surface area contributed by atoms with Crippen molar-refractivity contribution in [3.63, 3.8) is 0 Å². The number of amides is 2. The lowest BCUT2D eigenvalue weighted by Gasteiger charge is -2.37. The molecular weight excluding hydrogens is 468 g/mol. The summed E-state index contributed by atoms with van der Waals surface area (Å²) in [5.74, 6) is 5.67. The molecule has 0 radical (unpaired) electrons. The van der Waals surface area contributed by atoms with Gasteiger partial charge in [-0.3, -0.25) is 14.6 Å². The molecule has 8 heteroatoms. The predicted octanol–water partition coefficient (Wildman–Crippen LogP) is 2.87. The summed E-state index contributed by atoms with van der Waals surface area (Å²) in [7, 11) is 1.70. The maximum atomic E-state index is 13.6. The second-order valence-corrected chi connectivity index (χ2v) is 9.22. The van der Waals surface area contributed by atoms with Gasteiger partial charge in [-0.2, -0.15) is 0 Å². The molecule has 8 nitrogen and oxygen atoms in total. The highest BCUT2D eigenvalue weighted by Gasteiger charge is 2.34. The van der Waals surface area contributed by atoms with E-state index in [0.29, 0.717) is 17.8 Å². The van der Waals surface area contributed by atoms with E-state index in [0.717, 1.165) is 5.56 Å². The van der Waals surface area contributed by atoms with Gasteiger partial charge in [-0.25, -0.2) is 4.98 Å². The monoisotopic (exact) mass is 498 g/mol. The van der Waals surface area contributed by atoms with Crippen LogP contribution in [0, 0.1) is 17.8 Å². The number of fused-ring (bicyclic) bond motifs is 1. The van der Waals surface area contributed by atoms with E-state index in [9.17, 15) is 14.7 Å². The molecule has 1 aliphatic heterocycles. The average molecular weight is 499 g/mol. The van der Waals surface area contributed by atoms with Crippen molar-refractivity contribution < 1.29 is 19.4 Å². The van der Waals surface area contributed by atoms with Crippen LogP contribution in [0.2, 0.25) is 0 Å². The number of ether oxygens (including phenoxy) is 1. The standard InChI is InChI=1S/C29H30N4O4/c1-20-17-33(21(2)19-34)28(35)24-15-23(13-12-22-9-5-4-6-10-22)16-31-27(24)37-26(20)18-32(3)29(36)25-11-7-8-14-30-25/h4-11,14-16,20-21,26,34H,17-19H2,1-3H3/t20-,21-,26-/m0/s1. The molecular formula is C29H30N4O4. The van der Waals surface area contributed by atoms with Crippen LogP contribution in [0.5, 0.6) is 5.88 Å². The second kappa shape index (κ2) is 11.7. The number of aliphatic hydroxyl groups is 1. The fraction of sp³-hybridized carbons (Fsp3) is 0.310. The number of carbonyl (C=O) groups is 2. The molecule has 190 valence electrons. The Hall–Kier alpha value is -4.22. The Labute approximate surface area is 216 Å². The minimum atomic E-state index is -0.452. The van der Waals surface area contributed by atoms with Gasteiger partial charge in [-0.15, -0.1) is 0 Å². The third kappa shape index (κ3) is 6.13. The van der Waals surface area contributed by atoms with Crippen molar-refractivity contribution in [3.8, 4) is 17.7 Å². The highest BCUT2D eigenvalue weighted by atomic mass is 16.5. The predicted molar refractivity (Wildman–Crippen MR) is 139 cm³/mol. The highest BCUT2D eigenvalue weighted by Crippen LogP contribution is 2.27. The Morgan fingerprint density at radius 3 is 2.59 bits per heavy atom. The molecule has 2 amide bonds. The van der Waals surface area contributed by atoms with E-state index in [2.05, 4.69) is 21.8 Å². The summed E-state index contributed by atoms with van der Waals surface area (Å²) in [6.45, 7) is 4.18. The largest absolute Gasteiger partial charge is 0.472 e. The van der Waals surface area contributed by atoms with Gasteiger partial charge < -0.3 is 19.6 Å². The summed E-state index contributed by atoms with van der Waals surface area (Å²) >= 11 is 0.